The lowest BCUT2D eigenvalue weighted by Crippen LogP contribution is -2.22. The van der Waals surface area contributed by atoms with Gasteiger partial charge in [-0.2, -0.15) is 0 Å². The molecule has 3 rings (SSSR count). The first-order valence-electron chi connectivity index (χ1n) is 7.87. The number of rotatable bonds is 5. The molecule has 0 fully saturated rings. The minimum atomic E-state index is -4.01. The summed E-state index contributed by atoms with van der Waals surface area (Å²) in [4.78, 5) is 18.8. The van der Waals surface area contributed by atoms with Crippen LogP contribution in [-0.2, 0) is 16.4 Å². The quantitative estimate of drug-likeness (QED) is 0.679. The Balaban J connectivity index is 1.88. The number of H-pyrrole nitrogens is 1. The second kappa shape index (κ2) is 7.50. The molecule has 0 aliphatic rings. The predicted octanol–water partition coefficient (Wildman–Crippen LogP) is 3.26. The number of anilines is 1. The van der Waals surface area contributed by atoms with E-state index in [1.54, 1.807) is 25.1 Å². The number of benzene rings is 2. The Morgan fingerprint density at radius 3 is 2.52 bits per heavy atom. The lowest BCUT2D eigenvalue weighted by molar-refractivity contribution is 0.599. The summed E-state index contributed by atoms with van der Waals surface area (Å²) in [7, 11) is -4.01. The highest BCUT2D eigenvalue weighted by atomic mass is 35.5. The molecule has 2 aromatic carbocycles. The molecule has 0 amide bonds. The molecule has 3 aromatic rings. The molecule has 1 aromatic heterocycles. The van der Waals surface area contributed by atoms with Crippen LogP contribution in [-0.4, -0.2) is 18.4 Å². The number of nitrogens with one attached hydrogen (secondary N) is 2. The predicted molar refractivity (Wildman–Crippen MR) is 101 cm³/mol. The zero-order valence-corrected chi connectivity index (χ0v) is 15.7. The molecule has 1 heterocycles. The summed E-state index contributed by atoms with van der Waals surface area (Å²) in [5, 5.41) is 0.554. The molecule has 6 nitrogen and oxygen atoms in total. The minimum Gasteiger partial charge on any atom is -0.292 e. The van der Waals surface area contributed by atoms with Gasteiger partial charge in [0, 0.05) is 17.0 Å². The summed E-state index contributed by atoms with van der Waals surface area (Å²) in [6.07, 6.45) is 0.305. The van der Waals surface area contributed by atoms with Gasteiger partial charge in [0.25, 0.3) is 15.6 Å². The Hall–Kier alpha value is -2.71. The first-order valence-corrected chi connectivity index (χ1v) is 9.73. The second-order valence-electron chi connectivity index (χ2n) is 5.84. The number of sulfonamides is 1. The van der Waals surface area contributed by atoms with Gasteiger partial charge in [0.1, 0.15) is 5.82 Å². The van der Waals surface area contributed by atoms with Crippen molar-refractivity contribution in [1.82, 2.24) is 9.97 Å². The maximum Gasteiger partial charge on any atom is 0.264 e. The number of nitrogens with zero attached hydrogens (tertiary/aromatic N) is 1. The second-order valence-corrected chi connectivity index (χ2v) is 7.96. The van der Waals surface area contributed by atoms with E-state index in [4.69, 9.17) is 11.6 Å². The summed E-state index contributed by atoms with van der Waals surface area (Å²) in [6, 6.07) is 11.4. The van der Waals surface area contributed by atoms with Crippen LogP contribution in [0.5, 0.6) is 0 Å². The van der Waals surface area contributed by atoms with Crippen LogP contribution >= 0.6 is 11.6 Å². The molecule has 0 aliphatic heterocycles. The first-order chi connectivity index (χ1) is 12.7. The SMILES string of the molecule is Cc1nc(NS(=O)(=O)c2ccc(F)cc2)[nH]c(=O)c1Cc1cccc(Cl)c1. The van der Waals surface area contributed by atoms with Crippen LogP contribution in [0.1, 0.15) is 16.8 Å². The van der Waals surface area contributed by atoms with Crippen molar-refractivity contribution in [1.29, 1.82) is 0 Å². The van der Waals surface area contributed by atoms with Gasteiger partial charge < -0.3 is 0 Å². The largest absolute Gasteiger partial charge is 0.292 e. The van der Waals surface area contributed by atoms with Crippen molar-refractivity contribution >= 4 is 27.6 Å². The highest BCUT2D eigenvalue weighted by Gasteiger charge is 2.17. The fourth-order valence-electron chi connectivity index (χ4n) is 2.52. The van der Waals surface area contributed by atoms with Crippen molar-refractivity contribution in [2.75, 3.05) is 4.72 Å². The summed E-state index contributed by atoms with van der Waals surface area (Å²) in [5.74, 6) is -0.765. The molecule has 0 radical (unpaired) electrons. The molecule has 140 valence electrons. The first kappa shape index (κ1) is 19.1. The highest BCUT2D eigenvalue weighted by molar-refractivity contribution is 7.92. The van der Waals surface area contributed by atoms with E-state index >= 15 is 0 Å². The van der Waals surface area contributed by atoms with Crippen LogP contribution in [0.25, 0.3) is 0 Å². The minimum absolute atomic E-state index is 0.146. The molecular formula is C18H15ClFN3O3S. The van der Waals surface area contributed by atoms with Crippen LogP contribution in [0, 0.1) is 12.7 Å². The molecule has 0 unspecified atom stereocenters. The number of halogens is 2. The third kappa shape index (κ3) is 4.53. The number of aromatic nitrogens is 2. The maximum absolute atomic E-state index is 13.0. The molecule has 0 bridgehead atoms. The highest BCUT2D eigenvalue weighted by Crippen LogP contribution is 2.16. The summed E-state index contributed by atoms with van der Waals surface area (Å²) >= 11 is 5.95. The summed E-state index contributed by atoms with van der Waals surface area (Å²) in [6.45, 7) is 1.62. The topological polar surface area (TPSA) is 91.9 Å². The monoisotopic (exact) mass is 407 g/mol. The average Bonchev–Trinajstić information content (AvgIpc) is 2.58. The van der Waals surface area contributed by atoms with Crippen LogP contribution < -0.4 is 10.3 Å². The van der Waals surface area contributed by atoms with E-state index in [1.165, 1.54) is 0 Å². The van der Waals surface area contributed by atoms with E-state index in [-0.39, 0.29) is 10.8 Å². The van der Waals surface area contributed by atoms with Gasteiger partial charge in [0.2, 0.25) is 5.95 Å². The van der Waals surface area contributed by atoms with Gasteiger partial charge in [-0.1, -0.05) is 23.7 Å². The van der Waals surface area contributed by atoms with Gasteiger partial charge in [0.15, 0.2) is 0 Å². The summed E-state index contributed by atoms with van der Waals surface area (Å²) in [5.41, 5.74) is 1.16. The maximum atomic E-state index is 13.0. The van der Waals surface area contributed by atoms with E-state index in [1.807, 2.05) is 6.07 Å². The van der Waals surface area contributed by atoms with Crippen LogP contribution in [0.3, 0.4) is 0 Å². The number of hydrogen-bond donors (Lipinski definition) is 2. The molecule has 0 atom stereocenters. The zero-order valence-electron chi connectivity index (χ0n) is 14.2. The standard InChI is InChI=1S/C18H15ClFN3O3S/c1-11-16(10-12-3-2-4-13(19)9-12)17(24)22-18(21-11)23-27(25,26)15-7-5-14(20)6-8-15/h2-9H,10H2,1H3,(H2,21,22,23,24). The van der Waals surface area contributed by atoms with E-state index < -0.39 is 21.4 Å². The lowest BCUT2D eigenvalue weighted by atomic mass is 10.1. The molecule has 9 heteroatoms. The van der Waals surface area contributed by atoms with Gasteiger partial charge in [-0.05, 0) is 48.9 Å². The Morgan fingerprint density at radius 1 is 1.19 bits per heavy atom. The molecule has 0 saturated carbocycles. The zero-order chi connectivity index (χ0) is 19.6. The van der Waals surface area contributed by atoms with Gasteiger partial charge in [-0.25, -0.2) is 22.5 Å². The normalized spacial score (nSPS) is 11.4. The van der Waals surface area contributed by atoms with Crippen LogP contribution in [0.4, 0.5) is 10.3 Å². The Bertz CT molecular complexity index is 1150. The Kier molecular flexibility index (Phi) is 5.29. The average molecular weight is 408 g/mol. The van der Waals surface area contributed by atoms with Gasteiger partial charge in [-0.15, -0.1) is 0 Å². The van der Waals surface area contributed by atoms with E-state index in [2.05, 4.69) is 14.7 Å². The van der Waals surface area contributed by atoms with Crippen molar-refractivity contribution in [3.63, 3.8) is 0 Å². The number of hydrogen-bond acceptors (Lipinski definition) is 4. The molecule has 2 N–H and O–H groups in total. The third-order valence-corrected chi connectivity index (χ3v) is 5.44. The van der Waals surface area contributed by atoms with Gasteiger partial charge >= 0.3 is 0 Å². The molecule has 0 saturated heterocycles. The molecular weight excluding hydrogens is 393 g/mol. The molecule has 0 aliphatic carbocycles. The van der Waals surface area contributed by atoms with Gasteiger partial charge in [-0.3, -0.25) is 9.78 Å². The third-order valence-electron chi connectivity index (χ3n) is 3.85. The van der Waals surface area contributed by atoms with Crippen molar-refractivity contribution in [2.45, 2.75) is 18.2 Å². The Morgan fingerprint density at radius 2 is 1.89 bits per heavy atom. The molecule has 27 heavy (non-hydrogen) atoms. The van der Waals surface area contributed by atoms with E-state index in [0.29, 0.717) is 22.7 Å². The van der Waals surface area contributed by atoms with E-state index in [9.17, 15) is 17.6 Å². The smallest absolute Gasteiger partial charge is 0.264 e. The van der Waals surface area contributed by atoms with Crippen molar-refractivity contribution in [2.24, 2.45) is 0 Å². The van der Waals surface area contributed by atoms with Crippen molar-refractivity contribution in [3.8, 4) is 0 Å². The fraction of sp³-hybridized carbons (Fsp3) is 0.111. The Labute approximate surface area is 160 Å². The van der Waals surface area contributed by atoms with Crippen molar-refractivity contribution in [3.05, 3.63) is 86.5 Å². The van der Waals surface area contributed by atoms with Crippen LogP contribution in [0.2, 0.25) is 5.02 Å². The summed E-state index contributed by atoms with van der Waals surface area (Å²) < 4.78 is 39.8. The molecule has 0 spiro atoms. The number of aromatic amines is 1. The van der Waals surface area contributed by atoms with Crippen molar-refractivity contribution < 1.29 is 12.8 Å². The van der Waals surface area contributed by atoms with E-state index in [0.717, 1.165) is 29.8 Å². The lowest BCUT2D eigenvalue weighted by Gasteiger charge is -2.10. The fourth-order valence-corrected chi connectivity index (χ4v) is 3.69. The van der Waals surface area contributed by atoms with Gasteiger partial charge in [0.05, 0.1) is 10.6 Å². The number of aryl methyl sites for hydroxylation is 1. The van der Waals surface area contributed by atoms with Crippen LogP contribution in [0.15, 0.2) is 58.2 Å².